The number of hydrogen-bond donors (Lipinski definition) is 1. The first-order chi connectivity index (χ1) is 19.4. The van der Waals surface area contributed by atoms with E-state index in [9.17, 15) is 14.7 Å². The molecule has 0 unspecified atom stereocenters. The Bertz CT molecular complexity index is 1790. The highest BCUT2D eigenvalue weighted by atomic mass is 35.5. The standard InChI is InChI=1S/C30H25ClN2O6S/c1-4-39-29(36)24-25(18-8-6-5-7-9-18)32-30-33(26(24)19-10-12-20(37-2)13-11-19)28(35)23(40-30)16-17-14-21(31)27(34)22(15-17)38-3/h5-16,26,34H,4H2,1-3H3/b23-16-/t26-/m1/s1. The predicted molar refractivity (Wildman–Crippen MR) is 154 cm³/mol. The number of methoxy groups -OCH3 is 2. The van der Waals surface area contributed by atoms with Crippen LogP contribution in [0.5, 0.6) is 17.2 Å². The van der Waals surface area contributed by atoms with Crippen molar-refractivity contribution in [1.82, 2.24) is 4.57 Å². The van der Waals surface area contributed by atoms with Crippen molar-refractivity contribution in [2.24, 2.45) is 4.99 Å². The average molecular weight is 577 g/mol. The van der Waals surface area contributed by atoms with E-state index in [0.717, 1.165) is 5.56 Å². The van der Waals surface area contributed by atoms with Gasteiger partial charge in [-0.3, -0.25) is 9.36 Å². The molecule has 1 aromatic heterocycles. The average Bonchev–Trinajstić information content (AvgIpc) is 3.28. The number of carbonyl (C=O) groups is 1. The van der Waals surface area contributed by atoms with Crippen molar-refractivity contribution in [2.45, 2.75) is 13.0 Å². The summed E-state index contributed by atoms with van der Waals surface area (Å²) in [7, 11) is 2.99. The van der Waals surface area contributed by atoms with Crippen molar-refractivity contribution in [1.29, 1.82) is 0 Å². The summed E-state index contributed by atoms with van der Waals surface area (Å²) < 4.78 is 17.9. The van der Waals surface area contributed by atoms with Crippen LogP contribution in [0.1, 0.15) is 29.7 Å². The number of benzene rings is 3. The molecule has 10 heteroatoms. The topological polar surface area (TPSA) is 99.4 Å². The zero-order valence-corrected chi connectivity index (χ0v) is 23.5. The van der Waals surface area contributed by atoms with Gasteiger partial charge in [-0.2, -0.15) is 0 Å². The largest absolute Gasteiger partial charge is 0.503 e. The van der Waals surface area contributed by atoms with Crippen molar-refractivity contribution >= 4 is 40.7 Å². The molecule has 0 spiro atoms. The second kappa shape index (κ2) is 11.4. The van der Waals surface area contributed by atoms with Gasteiger partial charge in [-0.25, -0.2) is 9.79 Å². The molecule has 2 heterocycles. The molecule has 0 saturated heterocycles. The van der Waals surface area contributed by atoms with E-state index in [1.165, 1.54) is 29.1 Å². The van der Waals surface area contributed by atoms with Crippen LogP contribution >= 0.6 is 22.9 Å². The lowest BCUT2D eigenvalue weighted by molar-refractivity contribution is -0.138. The van der Waals surface area contributed by atoms with Gasteiger partial charge in [0.15, 0.2) is 16.3 Å². The number of aromatic hydroxyl groups is 1. The summed E-state index contributed by atoms with van der Waals surface area (Å²) in [5.74, 6) is 0.0713. The zero-order valence-electron chi connectivity index (χ0n) is 21.9. The maximum atomic E-state index is 14.0. The molecule has 40 heavy (non-hydrogen) atoms. The van der Waals surface area contributed by atoms with E-state index in [0.29, 0.717) is 31.9 Å². The SMILES string of the molecule is CCOC(=O)C1=C(c2ccccc2)N=c2s/c(=C\c3cc(Cl)c(O)c(OC)c3)c(=O)n2[C@@H]1c1ccc(OC)cc1. The van der Waals surface area contributed by atoms with Gasteiger partial charge in [-0.15, -0.1) is 0 Å². The van der Waals surface area contributed by atoms with Crippen molar-refractivity contribution in [3.05, 3.63) is 114 Å². The Hall–Kier alpha value is -4.34. The minimum atomic E-state index is -0.809. The molecule has 0 radical (unpaired) electrons. The van der Waals surface area contributed by atoms with Crippen molar-refractivity contribution < 1.29 is 24.1 Å². The van der Waals surface area contributed by atoms with E-state index >= 15 is 0 Å². The molecule has 0 fully saturated rings. The van der Waals surface area contributed by atoms with E-state index in [1.54, 1.807) is 38.3 Å². The van der Waals surface area contributed by atoms with Gasteiger partial charge in [0, 0.05) is 5.56 Å². The fourth-order valence-corrected chi connectivity index (χ4v) is 5.75. The lowest BCUT2D eigenvalue weighted by Crippen LogP contribution is -2.40. The first-order valence-corrected chi connectivity index (χ1v) is 13.5. The summed E-state index contributed by atoms with van der Waals surface area (Å²) in [4.78, 5) is 32.7. The Morgan fingerprint density at radius 2 is 1.82 bits per heavy atom. The normalized spacial score (nSPS) is 14.9. The van der Waals surface area contributed by atoms with Gasteiger partial charge in [0.1, 0.15) is 5.75 Å². The third-order valence-electron chi connectivity index (χ3n) is 6.37. The molecule has 3 aromatic carbocycles. The van der Waals surface area contributed by atoms with Crippen LogP contribution in [-0.4, -0.2) is 36.5 Å². The van der Waals surface area contributed by atoms with Crippen LogP contribution in [0, 0.1) is 0 Å². The Morgan fingerprint density at radius 1 is 1.10 bits per heavy atom. The number of thiazole rings is 1. The summed E-state index contributed by atoms with van der Waals surface area (Å²) in [6.07, 6.45) is 1.65. The minimum Gasteiger partial charge on any atom is -0.503 e. The summed E-state index contributed by atoms with van der Waals surface area (Å²) >= 11 is 7.37. The number of aromatic nitrogens is 1. The van der Waals surface area contributed by atoms with Gasteiger partial charge < -0.3 is 19.3 Å². The highest BCUT2D eigenvalue weighted by Gasteiger charge is 2.35. The number of hydrogen-bond acceptors (Lipinski definition) is 8. The molecule has 8 nitrogen and oxygen atoms in total. The van der Waals surface area contributed by atoms with Gasteiger partial charge in [-0.05, 0) is 48.4 Å². The highest BCUT2D eigenvalue weighted by molar-refractivity contribution is 7.07. The van der Waals surface area contributed by atoms with Crippen LogP contribution in [0.4, 0.5) is 0 Å². The fourth-order valence-electron chi connectivity index (χ4n) is 4.53. The predicted octanol–water partition coefficient (Wildman–Crippen LogP) is 4.31. The number of esters is 1. The number of phenolic OH excluding ortho intramolecular Hbond substituents is 1. The lowest BCUT2D eigenvalue weighted by Gasteiger charge is -2.26. The molecule has 1 N–H and O–H groups in total. The third-order valence-corrected chi connectivity index (χ3v) is 7.64. The van der Waals surface area contributed by atoms with Crippen molar-refractivity contribution in [3.8, 4) is 17.2 Å². The lowest BCUT2D eigenvalue weighted by atomic mass is 9.93. The summed E-state index contributed by atoms with van der Waals surface area (Å²) in [6.45, 7) is 1.89. The molecular formula is C30H25ClN2O6S. The maximum absolute atomic E-state index is 14.0. The number of halogens is 1. The van der Waals surface area contributed by atoms with E-state index in [2.05, 4.69) is 0 Å². The van der Waals surface area contributed by atoms with E-state index in [-0.39, 0.29) is 34.3 Å². The number of rotatable bonds is 7. The first kappa shape index (κ1) is 27.2. The van der Waals surface area contributed by atoms with Crippen molar-refractivity contribution in [2.75, 3.05) is 20.8 Å². The Morgan fingerprint density at radius 3 is 2.48 bits per heavy atom. The number of ether oxygens (including phenoxy) is 3. The molecule has 0 amide bonds. The molecule has 1 aliphatic rings. The molecular weight excluding hydrogens is 552 g/mol. The van der Waals surface area contributed by atoms with Gasteiger partial charge in [-0.1, -0.05) is 65.4 Å². The van der Waals surface area contributed by atoms with Crippen LogP contribution < -0.4 is 24.4 Å². The number of carbonyl (C=O) groups excluding carboxylic acids is 1. The third kappa shape index (κ3) is 5.01. The first-order valence-electron chi connectivity index (χ1n) is 12.3. The molecule has 204 valence electrons. The van der Waals surface area contributed by atoms with E-state index in [1.807, 2.05) is 42.5 Å². The molecule has 0 aliphatic carbocycles. The second-order valence-electron chi connectivity index (χ2n) is 8.76. The molecule has 1 aliphatic heterocycles. The second-order valence-corrected chi connectivity index (χ2v) is 10.2. The molecule has 0 bridgehead atoms. The Kier molecular flexibility index (Phi) is 7.77. The fraction of sp³-hybridized carbons (Fsp3) is 0.167. The molecule has 1 atom stereocenters. The summed E-state index contributed by atoms with van der Waals surface area (Å²) in [5, 5.41) is 10.2. The van der Waals surface area contributed by atoms with Gasteiger partial charge in [0.25, 0.3) is 5.56 Å². The quantitative estimate of drug-likeness (QED) is 0.329. The minimum absolute atomic E-state index is 0.0884. The van der Waals surface area contributed by atoms with Gasteiger partial charge >= 0.3 is 5.97 Å². The zero-order chi connectivity index (χ0) is 28.4. The summed E-state index contributed by atoms with van der Waals surface area (Å²) in [5.41, 5.74) is 2.31. The van der Waals surface area contributed by atoms with Crippen LogP contribution in [0.3, 0.4) is 0 Å². The van der Waals surface area contributed by atoms with Crippen molar-refractivity contribution in [3.63, 3.8) is 0 Å². The van der Waals surface area contributed by atoms with Crippen LogP contribution in [0.15, 0.2) is 82.1 Å². The number of fused-ring (bicyclic) bond motifs is 1. The van der Waals surface area contributed by atoms with Crippen LogP contribution in [0.2, 0.25) is 5.02 Å². The van der Waals surface area contributed by atoms with E-state index < -0.39 is 12.0 Å². The maximum Gasteiger partial charge on any atom is 0.338 e. The summed E-state index contributed by atoms with van der Waals surface area (Å²) in [6, 6.07) is 18.8. The molecule has 4 aromatic rings. The smallest absolute Gasteiger partial charge is 0.338 e. The highest BCUT2D eigenvalue weighted by Crippen LogP contribution is 2.36. The van der Waals surface area contributed by atoms with Crippen LogP contribution in [-0.2, 0) is 9.53 Å². The number of nitrogens with zero attached hydrogens (tertiary/aromatic N) is 2. The Balaban J connectivity index is 1.81. The van der Waals surface area contributed by atoms with Gasteiger partial charge in [0.2, 0.25) is 0 Å². The monoisotopic (exact) mass is 576 g/mol. The Labute approximate surface area is 238 Å². The van der Waals surface area contributed by atoms with E-state index in [4.69, 9.17) is 30.8 Å². The molecule has 5 rings (SSSR count). The molecule has 0 saturated carbocycles. The number of phenols is 1. The van der Waals surface area contributed by atoms with Crippen LogP contribution in [0.25, 0.3) is 11.8 Å². The van der Waals surface area contributed by atoms with Gasteiger partial charge in [0.05, 0.1) is 47.7 Å².